The molecule has 0 aliphatic heterocycles. The lowest BCUT2D eigenvalue weighted by Crippen LogP contribution is -1.88. The second kappa shape index (κ2) is 3.48. The van der Waals surface area contributed by atoms with Gasteiger partial charge in [0.25, 0.3) is 6.47 Å². The van der Waals surface area contributed by atoms with Gasteiger partial charge in [0.2, 0.25) is 0 Å². The highest BCUT2D eigenvalue weighted by molar-refractivity contribution is 7.11. The highest BCUT2D eigenvalue weighted by atomic mass is 32.1. The predicted molar refractivity (Wildman–Crippen MR) is 42.4 cm³/mol. The zero-order valence-electron chi connectivity index (χ0n) is 6.46. The fourth-order valence-electron chi connectivity index (χ4n) is 0.817. The van der Waals surface area contributed by atoms with Crippen molar-refractivity contribution in [2.24, 2.45) is 0 Å². The maximum Gasteiger partial charge on any atom is 0.293 e. The summed E-state index contributed by atoms with van der Waals surface area (Å²) in [7, 11) is 0. The van der Waals surface area contributed by atoms with Crippen LogP contribution in [0.3, 0.4) is 0 Å². The van der Waals surface area contributed by atoms with Crippen LogP contribution in [0.25, 0.3) is 0 Å². The Morgan fingerprint density at radius 3 is 2.82 bits per heavy atom. The molecule has 0 radical (unpaired) electrons. The average Bonchev–Trinajstić information content (AvgIpc) is 2.26. The second-order valence-electron chi connectivity index (χ2n) is 2.15. The molecule has 0 bridgehead atoms. The van der Waals surface area contributed by atoms with E-state index in [2.05, 4.69) is 9.72 Å². The molecule has 0 amide bonds. The normalized spacial score (nSPS) is 9.64. The standard InChI is InChI=1S/C7H9NO2S/c1-5-7(3-10-4-9)11-6(2)8-5/h4H,3H2,1-2H3. The van der Waals surface area contributed by atoms with E-state index in [1.165, 1.54) is 0 Å². The molecule has 0 fully saturated rings. The maximum absolute atomic E-state index is 9.86. The van der Waals surface area contributed by atoms with E-state index in [4.69, 9.17) is 0 Å². The SMILES string of the molecule is Cc1nc(C)c(COC=O)s1. The Morgan fingerprint density at radius 2 is 2.36 bits per heavy atom. The van der Waals surface area contributed by atoms with Crippen LogP contribution in [0.5, 0.6) is 0 Å². The summed E-state index contributed by atoms with van der Waals surface area (Å²) >= 11 is 1.56. The molecule has 0 spiro atoms. The van der Waals surface area contributed by atoms with Crippen molar-refractivity contribution in [3.05, 3.63) is 15.6 Å². The molecule has 1 aromatic rings. The van der Waals surface area contributed by atoms with Crippen molar-refractivity contribution in [1.29, 1.82) is 0 Å². The van der Waals surface area contributed by atoms with Crippen LogP contribution >= 0.6 is 11.3 Å². The first-order valence-corrected chi connectivity index (χ1v) is 4.04. The molecular weight excluding hydrogens is 162 g/mol. The van der Waals surface area contributed by atoms with Gasteiger partial charge in [0.05, 0.1) is 15.6 Å². The molecule has 3 nitrogen and oxygen atoms in total. The van der Waals surface area contributed by atoms with Gasteiger partial charge >= 0.3 is 0 Å². The molecule has 0 atom stereocenters. The molecule has 0 aromatic carbocycles. The molecular formula is C7H9NO2S. The maximum atomic E-state index is 9.86. The molecule has 0 unspecified atom stereocenters. The van der Waals surface area contributed by atoms with Crippen molar-refractivity contribution < 1.29 is 9.53 Å². The van der Waals surface area contributed by atoms with Gasteiger partial charge in [-0.1, -0.05) is 0 Å². The number of carbonyl (C=O) groups excluding carboxylic acids is 1. The zero-order chi connectivity index (χ0) is 8.27. The van der Waals surface area contributed by atoms with Gasteiger partial charge in [-0.3, -0.25) is 4.79 Å². The summed E-state index contributed by atoms with van der Waals surface area (Å²) in [6, 6.07) is 0. The van der Waals surface area contributed by atoms with Gasteiger partial charge in [0.1, 0.15) is 6.61 Å². The third-order valence-electron chi connectivity index (χ3n) is 1.28. The summed E-state index contributed by atoms with van der Waals surface area (Å²) in [5.74, 6) is 0. The minimum Gasteiger partial charge on any atom is -0.462 e. The van der Waals surface area contributed by atoms with Gasteiger partial charge in [-0.15, -0.1) is 11.3 Å². The molecule has 1 heterocycles. The van der Waals surface area contributed by atoms with Crippen molar-refractivity contribution in [1.82, 2.24) is 4.98 Å². The van der Waals surface area contributed by atoms with E-state index in [0.29, 0.717) is 13.1 Å². The van der Waals surface area contributed by atoms with Crippen LogP contribution in [0.2, 0.25) is 0 Å². The highest BCUT2D eigenvalue weighted by Crippen LogP contribution is 2.17. The molecule has 60 valence electrons. The van der Waals surface area contributed by atoms with E-state index >= 15 is 0 Å². The van der Waals surface area contributed by atoms with E-state index in [1.54, 1.807) is 11.3 Å². The molecule has 4 heteroatoms. The monoisotopic (exact) mass is 171 g/mol. The Kier molecular flexibility index (Phi) is 2.59. The minimum atomic E-state index is 0.348. The number of carbonyl (C=O) groups is 1. The smallest absolute Gasteiger partial charge is 0.293 e. The third-order valence-corrected chi connectivity index (χ3v) is 2.33. The topological polar surface area (TPSA) is 39.2 Å². The number of hydrogen-bond donors (Lipinski definition) is 0. The predicted octanol–water partition coefficient (Wildman–Crippen LogP) is 1.43. The average molecular weight is 171 g/mol. The Balaban J connectivity index is 2.69. The molecule has 11 heavy (non-hydrogen) atoms. The van der Waals surface area contributed by atoms with Crippen molar-refractivity contribution in [2.45, 2.75) is 20.5 Å². The van der Waals surface area contributed by atoms with Gasteiger partial charge in [-0.05, 0) is 13.8 Å². The molecule has 0 saturated carbocycles. The molecule has 0 N–H and O–H groups in total. The van der Waals surface area contributed by atoms with Crippen LogP contribution in [0.4, 0.5) is 0 Å². The van der Waals surface area contributed by atoms with Gasteiger partial charge in [-0.2, -0.15) is 0 Å². The summed E-state index contributed by atoms with van der Waals surface area (Å²) < 4.78 is 4.60. The van der Waals surface area contributed by atoms with Crippen molar-refractivity contribution >= 4 is 17.8 Å². The van der Waals surface area contributed by atoms with Crippen LogP contribution < -0.4 is 0 Å². The summed E-state index contributed by atoms with van der Waals surface area (Å²) in [6.07, 6.45) is 0. The summed E-state index contributed by atoms with van der Waals surface area (Å²) in [5.41, 5.74) is 0.953. The Morgan fingerprint density at radius 1 is 1.64 bits per heavy atom. The van der Waals surface area contributed by atoms with Crippen LogP contribution in [-0.4, -0.2) is 11.5 Å². The zero-order valence-corrected chi connectivity index (χ0v) is 7.27. The first kappa shape index (κ1) is 8.20. The summed E-state index contributed by atoms with van der Waals surface area (Å²) in [6.45, 7) is 4.64. The van der Waals surface area contributed by atoms with Crippen LogP contribution in [0, 0.1) is 13.8 Å². The quantitative estimate of drug-likeness (QED) is 0.646. The number of thiazole rings is 1. The fourth-order valence-corrected chi connectivity index (χ4v) is 1.68. The van der Waals surface area contributed by atoms with Gasteiger partial charge in [0, 0.05) is 0 Å². The largest absolute Gasteiger partial charge is 0.462 e. The molecule has 1 aromatic heterocycles. The van der Waals surface area contributed by atoms with Crippen molar-refractivity contribution in [3.8, 4) is 0 Å². The number of nitrogens with zero attached hydrogens (tertiary/aromatic N) is 1. The minimum absolute atomic E-state index is 0.348. The van der Waals surface area contributed by atoms with E-state index in [-0.39, 0.29) is 0 Å². The van der Waals surface area contributed by atoms with Gasteiger partial charge < -0.3 is 4.74 Å². The van der Waals surface area contributed by atoms with E-state index in [1.807, 2.05) is 13.8 Å². The lowest BCUT2D eigenvalue weighted by atomic mass is 10.4. The molecule has 0 aliphatic rings. The lowest BCUT2D eigenvalue weighted by molar-refractivity contribution is -0.129. The number of hydrogen-bond acceptors (Lipinski definition) is 4. The summed E-state index contributed by atoms with van der Waals surface area (Å²) in [5, 5.41) is 1.01. The number of rotatable bonds is 3. The lowest BCUT2D eigenvalue weighted by Gasteiger charge is -1.93. The first-order chi connectivity index (χ1) is 5.24. The van der Waals surface area contributed by atoms with E-state index < -0.39 is 0 Å². The fraction of sp³-hybridized carbons (Fsp3) is 0.429. The Bertz CT molecular complexity index is 257. The third kappa shape index (κ3) is 2.01. The number of aromatic nitrogens is 1. The van der Waals surface area contributed by atoms with Crippen molar-refractivity contribution in [2.75, 3.05) is 0 Å². The second-order valence-corrected chi connectivity index (χ2v) is 3.44. The van der Waals surface area contributed by atoms with Gasteiger partial charge in [0.15, 0.2) is 0 Å². The highest BCUT2D eigenvalue weighted by Gasteiger charge is 2.03. The van der Waals surface area contributed by atoms with Crippen LogP contribution in [-0.2, 0) is 16.1 Å². The number of aryl methyl sites for hydroxylation is 2. The van der Waals surface area contributed by atoms with Gasteiger partial charge in [-0.25, -0.2) is 4.98 Å². The van der Waals surface area contributed by atoms with Crippen LogP contribution in [0.1, 0.15) is 15.6 Å². The summed E-state index contributed by atoms with van der Waals surface area (Å²) in [4.78, 5) is 15.1. The number of ether oxygens (including phenoxy) is 1. The van der Waals surface area contributed by atoms with Crippen LogP contribution in [0.15, 0.2) is 0 Å². The van der Waals surface area contributed by atoms with E-state index in [9.17, 15) is 4.79 Å². The Labute approximate surface area is 69.0 Å². The Hall–Kier alpha value is -0.900. The molecule has 1 rings (SSSR count). The van der Waals surface area contributed by atoms with Crippen molar-refractivity contribution in [3.63, 3.8) is 0 Å². The van der Waals surface area contributed by atoms with E-state index in [0.717, 1.165) is 15.6 Å². The molecule has 0 aliphatic carbocycles. The first-order valence-electron chi connectivity index (χ1n) is 3.22. The molecule has 0 saturated heterocycles.